The predicted molar refractivity (Wildman–Crippen MR) is 89.8 cm³/mol. The number of carboxylic acids is 1. The number of piperidine rings is 1. The van der Waals surface area contributed by atoms with Crippen LogP contribution in [0.15, 0.2) is 24.7 Å². The van der Waals surface area contributed by atoms with Crippen molar-refractivity contribution < 1.29 is 19.7 Å². The second-order valence-corrected chi connectivity index (χ2v) is 6.14. The van der Waals surface area contributed by atoms with Gasteiger partial charge in [0.25, 0.3) is 0 Å². The molecule has 2 aromatic rings. The molecule has 1 fully saturated rings. The number of nitrogens with zero attached hydrogens (tertiary/aromatic N) is 4. The number of carboxylic acid groups (broad SMARTS) is 1. The van der Waals surface area contributed by atoms with E-state index in [2.05, 4.69) is 15.0 Å². The van der Waals surface area contributed by atoms with E-state index in [1.54, 1.807) is 12.3 Å². The minimum absolute atomic E-state index is 0.143. The second-order valence-electron chi connectivity index (χ2n) is 6.14. The monoisotopic (exact) mass is 344 g/mol. The molecule has 2 N–H and O–H groups in total. The third kappa shape index (κ3) is 3.39. The Kier molecular flexibility index (Phi) is 4.54. The Bertz CT molecular complexity index is 788. The maximum atomic E-state index is 11.2. The molecule has 3 rings (SSSR count). The van der Waals surface area contributed by atoms with E-state index in [0.29, 0.717) is 30.5 Å². The smallest absolute Gasteiger partial charge is 0.335 e. The molecule has 0 aliphatic carbocycles. The van der Waals surface area contributed by atoms with Crippen LogP contribution in [-0.4, -0.2) is 49.8 Å². The van der Waals surface area contributed by atoms with Gasteiger partial charge in [-0.2, -0.15) is 0 Å². The summed E-state index contributed by atoms with van der Waals surface area (Å²) >= 11 is 0. The predicted octanol–water partition coefficient (Wildman–Crippen LogP) is 1.70. The van der Waals surface area contributed by atoms with Gasteiger partial charge >= 0.3 is 5.97 Å². The van der Waals surface area contributed by atoms with Crippen molar-refractivity contribution in [1.29, 1.82) is 0 Å². The zero-order chi connectivity index (χ0) is 18.0. The summed E-state index contributed by atoms with van der Waals surface area (Å²) in [5.74, 6) is 0.552. The highest BCUT2D eigenvalue weighted by molar-refractivity contribution is 5.77. The first kappa shape index (κ1) is 17.1. The van der Waals surface area contributed by atoms with E-state index >= 15 is 0 Å². The largest absolute Gasteiger partial charge is 0.479 e. The summed E-state index contributed by atoms with van der Waals surface area (Å²) in [6.45, 7) is 4.50. The summed E-state index contributed by atoms with van der Waals surface area (Å²) in [6.07, 6.45) is 3.40. The summed E-state index contributed by atoms with van der Waals surface area (Å²) in [5.41, 5.74) is -0.151. The summed E-state index contributed by atoms with van der Waals surface area (Å²) < 4.78 is 5.87. The van der Waals surface area contributed by atoms with Crippen LogP contribution in [0.1, 0.15) is 24.1 Å². The average molecular weight is 344 g/mol. The van der Waals surface area contributed by atoms with E-state index in [4.69, 9.17) is 9.84 Å². The second kappa shape index (κ2) is 6.64. The topological polar surface area (TPSA) is 109 Å². The average Bonchev–Trinajstić information content (AvgIpc) is 2.59. The minimum Gasteiger partial charge on any atom is -0.479 e. The molecule has 2 aromatic heterocycles. The molecule has 0 radical (unpaired) electrons. The van der Waals surface area contributed by atoms with Crippen molar-refractivity contribution in [3.63, 3.8) is 0 Å². The maximum absolute atomic E-state index is 11.2. The van der Waals surface area contributed by atoms with Gasteiger partial charge in [-0.1, -0.05) is 0 Å². The first-order valence-corrected chi connectivity index (χ1v) is 8.02. The number of hydrogen-bond donors (Lipinski definition) is 2. The molecule has 1 aliphatic rings. The summed E-state index contributed by atoms with van der Waals surface area (Å²) in [6, 6.07) is 3.61. The number of ether oxygens (including phenoxy) is 1. The minimum atomic E-state index is -1.66. The van der Waals surface area contributed by atoms with Gasteiger partial charge in [0.1, 0.15) is 12.1 Å². The van der Waals surface area contributed by atoms with Gasteiger partial charge in [-0.3, -0.25) is 4.98 Å². The quantitative estimate of drug-likeness (QED) is 0.862. The molecule has 0 spiro atoms. The van der Waals surface area contributed by atoms with Crippen molar-refractivity contribution in [2.24, 2.45) is 0 Å². The van der Waals surface area contributed by atoms with Crippen LogP contribution in [0.4, 0.5) is 5.82 Å². The fourth-order valence-electron chi connectivity index (χ4n) is 2.83. The van der Waals surface area contributed by atoms with Crippen LogP contribution in [0.2, 0.25) is 0 Å². The molecular weight excluding hydrogens is 324 g/mol. The number of aromatic nitrogens is 3. The zero-order valence-electron chi connectivity index (χ0n) is 14.1. The molecule has 0 bridgehead atoms. The molecule has 1 aliphatic heterocycles. The third-order valence-corrected chi connectivity index (χ3v) is 4.46. The van der Waals surface area contributed by atoms with Gasteiger partial charge in [0, 0.05) is 32.1 Å². The van der Waals surface area contributed by atoms with Crippen LogP contribution in [-0.2, 0) is 4.79 Å². The van der Waals surface area contributed by atoms with Crippen LogP contribution in [0.3, 0.4) is 0 Å². The Hall–Kier alpha value is -2.74. The Balaban J connectivity index is 1.80. The van der Waals surface area contributed by atoms with Crippen molar-refractivity contribution in [3.05, 3.63) is 35.9 Å². The molecule has 25 heavy (non-hydrogen) atoms. The lowest BCUT2D eigenvalue weighted by Gasteiger charge is -2.36. The number of rotatable bonds is 4. The number of aryl methyl sites for hydroxylation is 1. The van der Waals surface area contributed by atoms with Crippen molar-refractivity contribution in [2.75, 3.05) is 18.0 Å². The highest BCUT2D eigenvalue weighted by atomic mass is 16.5. The van der Waals surface area contributed by atoms with Gasteiger partial charge in [0.15, 0.2) is 11.4 Å². The third-order valence-electron chi connectivity index (χ3n) is 4.46. The van der Waals surface area contributed by atoms with Gasteiger partial charge in [0.2, 0.25) is 5.88 Å². The van der Waals surface area contributed by atoms with E-state index in [1.165, 1.54) is 6.33 Å². The molecule has 1 saturated heterocycles. The Morgan fingerprint density at radius 1 is 1.24 bits per heavy atom. The maximum Gasteiger partial charge on any atom is 0.335 e. The van der Waals surface area contributed by atoms with E-state index in [0.717, 1.165) is 11.3 Å². The normalized spacial score (nSPS) is 16.5. The van der Waals surface area contributed by atoms with Crippen molar-refractivity contribution >= 4 is 11.8 Å². The van der Waals surface area contributed by atoms with Crippen LogP contribution in [0.5, 0.6) is 11.6 Å². The van der Waals surface area contributed by atoms with Gasteiger partial charge in [-0.25, -0.2) is 14.8 Å². The Morgan fingerprint density at radius 3 is 2.60 bits per heavy atom. The molecule has 0 unspecified atom stereocenters. The molecule has 0 saturated carbocycles. The van der Waals surface area contributed by atoms with E-state index in [9.17, 15) is 9.90 Å². The molecular formula is C17H20N4O4. The lowest BCUT2D eigenvalue weighted by molar-refractivity contribution is -0.160. The Labute approximate surface area is 145 Å². The van der Waals surface area contributed by atoms with Gasteiger partial charge in [-0.15, -0.1) is 0 Å². The molecule has 8 heteroatoms. The number of pyridine rings is 1. The van der Waals surface area contributed by atoms with E-state index in [1.807, 2.05) is 24.8 Å². The van der Waals surface area contributed by atoms with Crippen LogP contribution >= 0.6 is 0 Å². The lowest BCUT2D eigenvalue weighted by atomic mass is 9.91. The molecule has 0 amide bonds. The highest BCUT2D eigenvalue weighted by Crippen LogP contribution is 2.32. The standard InChI is InChI=1S/C17H20N4O4/c1-11-14(21-8-5-17(24,6-9-21)16(22)23)19-10-20-15(11)25-13-4-3-7-18-12(13)2/h3-4,7,10,24H,5-6,8-9H2,1-2H3,(H,22,23). The van der Waals surface area contributed by atoms with Crippen molar-refractivity contribution in [2.45, 2.75) is 32.3 Å². The van der Waals surface area contributed by atoms with Crippen LogP contribution in [0, 0.1) is 13.8 Å². The Morgan fingerprint density at radius 2 is 1.96 bits per heavy atom. The lowest BCUT2D eigenvalue weighted by Crippen LogP contribution is -2.49. The van der Waals surface area contributed by atoms with Gasteiger partial charge < -0.3 is 19.8 Å². The van der Waals surface area contributed by atoms with E-state index < -0.39 is 11.6 Å². The van der Waals surface area contributed by atoms with Gasteiger partial charge in [0.05, 0.1) is 11.3 Å². The summed E-state index contributed by atoms with van der Waals surface area (Å²) in [7, 11) is 0. The summed E-state index contributed by atoms with van der Waals surface area (Å²) in [5, 5.41) is 19.2. The van der Waals surface area contributed by atoms with E-state index in [-0.39, 0.29) is 12.8 Å². The molecule has 3 heterocycles. The molecule has 8 nitrogen and oxygen atoms in total. The first-order chi connectivity index (χ1) is 11.9. The SMILES string of the molecule is Cc1ncccc1Oc1ncnc(N2CCC(O)(C(=O)O)CC2)c1C. The van der Waals surface area contributed by atoms with Crippen molar-refractivity contribution in [1.82, 2.24) is 15.0 Å². The molecule has 0 aromatic carbocycles. The number of hydrogen-bond acceptors (Lipinski definition) is 7. The fraction of sp³-hybridized carbons (Fsp3) is 0.412. The van der Waals surface area contributed by atoms with Crippen LogP contribution < -0.4 is 9.64 Å². The molecule has 132 valence electrons. The fourth-order valence-corrected chi connectivity index (χ4v) is 2.83. The highest BCUT2D eigenvalue weighted by Gasteiger charge is 2.40. The van der Waals surface area contributed by atoms with Gasteiger partial charge in [-0.05, 0) is 26.0 Å². The summed E-state index contributed by atoms with van der Waals surface area (Å²) in [4.78, 5) is 25.8. The number of aliphatic hydroxyl groups is 1. The van der Waals surface area contributed by atoms with Crippen LogP contribution in [0.25, 0.3) is 0 Å². The first-order valence-electron chi connectivity index (χ1n) is 8.02. The molecule has 0 atom stereocenters. The van der Waals surface area contributed by atoms with Crippen molar-refractivity contribution in [3.8, 4) is 11.6 Å². The zero-order valence-corrected chi connectivity index (χ0v) is 14.1. The number of carbonyl (C=O) groups is 1. The number of aliphatic carboxylic acids is 1. The number of anilines is 1.